The topological polar surface area (TPSA) is 110 Å². The minimum Gasteiger partial charge on any atom is -0.497 e. The molecule has 0 bridgehead atoms. The van der Waals surface area contributed by atoms with Crippen LogP contribution in [0.2, 0.25) is 0 Å². The monoisotopic (exact) mass is 332 g/mol. The lowest BCUT2D eigenvalue weighted by Crippen LogP contribution is -2.42. The summed E-state index contributed by atoms with van der Waals surface area (Å²) in [4.78, 5) is 37.3. The zero-order chi connectivity index (χ0) is 17.5. The highest BCUT2D eigenvalue weighted by molar-refractivity contribution is 6.07. The highest BCUT2D eigenvalue weighted by atomic mass is 16.5. The lowest BCUT2D eigenvalue weighted by molar-refractivity contribution is -0.143. The molecule has 2 aliphatic rings. The van der Waals surface area contributed by atoms with Gasteiger partial charge in [0.25, 0.3) is 0 Å². The summed E-state index contributed by atoms with van der Waals surface area (Å²) < 4.78 is 5.19. The summed E-state index contributed by atoms with van der Waals surface area (Å²) in [5.74, 6) is -2.34. The van der Waals surface area contributed by atoms with E-state index in [1.54, 1.807) is 25.3 Å². The van der Waals surface area contributed by atoms with E-state index in [9.17, 15) is 19.5 Å². The van der Waals surface area contributed by atoms with Gasteiger partial charge in [0, 0.05) is 19.0 Å². The molecular formula is C17H20N2O5. The molecule has 0 aromatic heterocycles. The highest BCUT2D eigenvalue weighted by Gasteiger charge is 2.58. The number of carbonyl (C=O) groups is 3. The summed E-state index contributed by atoms with van der Waals surface area (Å²) in [5, 5.41) is 9.54. The fraction of sp³-hybridized carbons (Fsp3) is 0.471. The zero-order valence-corrected chi connectivity index (χ0v) is 13.4. The molecule has 1 aliphatic carbocycles. The molecule has 2 atom stereocenters. The van der Waals surface area contributed by atoms with Crippen molar-refractivity contribution < 1.29 is 24.2 Å². The maximum Gasteiger partial charge on any atom is 0.308 e. The molecule has 0 spiro atoms. The molecule has 1 saturated heterocycles. The Balaban J connectivity index is 1.86. The lowest BCUT2D eigenvalue weighted by Gasteiger charge is -2.21. The smallest absolute Gasteiger partial charge is 0.308 e. The molecule has 1 saturated carbocycles. The Morgan fingerprint density at radius 1 is 1.29 bits per heavy atom. The van der Waals surface area contributed by atoms with E-state index in [1.807, 2.05) is 6.07 Å². The van der Waals surface area contributed by atoms with Crippen molar-refractivity contribution in [2.75, 3.05) is 20.2 Å². The minimum atomic E-state index is -1.12. The Labute approximate surface area is 139 Å². The van der Waals surface area contributed by atoms with Crippen LogP contribution in [0.1, 0.15) is 24.3 Å². The summed E-state index contributed by atoms with van der Waals surface area (Å²) in [5.41, 5.74) is 5.05. The van der Waals surface area contributed by atoms with Crippen LogP contribution in [0.15, 0.2) is 24.3 Å². The third-order valence-corrected chi connectivity index (χ3v) is 5.08. The molecule has 1 aromatic carbocycles. The first-order valence-electron chi connectivity index (χ1n) is 7.85. The second kappa shape index (κ2) is 5.81. The van der Waals surface area contributed by atoms with Crippen molar-refractivity contribution in [1.29, 1.82) is 0 Å². The molecule has 7 nitrogen and oxygen atoms in total. The third kappa shape index (κ3) is 2.60. The average Bonchev–Trinajstić information content (AvgIpc) is 3.26. The first-order valence-corrected chi connectivity index (χ1v) is 7.85. The number of ether oxygens (including phenoxy) is 1. The van der Waals surface area contributed by atoms with Gasteiger partial charge in [-0.15, -0.1) is 0 Å². The predicted molar refractivity (Wildman–Crippen MR) is 84.3 cm³/mol. The molecule has 1 aliphatic heterocycles. The van der Waals surface area contributed by atoms with Gasteiger partial charge in [-0.25, -0.2) is 0 Å². The molecule has 0 unspecified atom stereocenters. The number of carbonyl (C=O) groups excluding carboxylic acids is 2. The first-order chi connectivity index (χ1) is 11.4. The van der Waals surface area contributed by atoms with Crippen molar-refractivity contribution in [1.82, 2.24) is 4.90 Å². The zero-order valence-electron chi connectivity index (χ0n) is 13.4. The predicted octanol–water partition coefficient (Wildman–Crippen LogP) is 0.587. The summed E-state index contributed by atoms with van der Waals surface area (Å²) >= 11 is 0. The minimum absolute atomic E-state index is 0.0884. The normalized spacial score (nSPS) is 24.5. The van der Waals surface area contributed by atoms with Gasteiger partial charge in [-0.1, -0.05) is 12.1 Å². The van der Waals surface area contributed by atoms with Crippen LogP contribution in [-0.4, -0.2) is 48.0 Å². The van der Waals surface area contributed by atoms with Crippen molar-refractivity contribution >= 4 is 17.8 Å². The fourth-order valence-electron chi connectivity index (χ4n) is 3.42. The quantitative estimate of drug-likeness (QED) is 0.767. The van der Waals surface area contributed by atoms with Crippen LogP contribution in [0, 0.1) is 11.3 Å². The molecule has 3 rings (SSSR count). The molecule has 128 valence electrons. The number of nitrogens with two attached hydrogens (primary N) is 1. The maximum absolute atomic E-state index is 12.6. The van der Waals surface area contributed by atoms with Crippen molar-refractivity contribution in [3.8, 4) is 5.75 Å². The van der Waals surface area contributed by atoms with Gasteiger partial charge in [-0.05, 0) is 30.5 Å². The van der Waals surface area contributed by atoms with E-state index in [0.717, 1.165) is 5.56 Å². The van der Waals surface area contributed by atoms with E-state index < -0.39 is 23.2 Å². The van der Waals surface area contributed by atoms with Crippen molar-refractivity contribution in [2.45, 2.75) is 18.8 Å². The Bertz CT molecular complexity index is 698. The third-order valence-electron chi connectivity index (χ3n) is 5.08. The van der Waals surface area contributed by atoms with E-state index in [2.05, 4.69) is 0 Å². The molecule has 1 heterocycles. The molecule has 0 radical (unpaired) electrons. The van der Waals surface area contributed by atoms with Crippen molar-refractivity contribution in [3.63, 3.8) is 0 Å². The molecular weight excluding hydrogens is 312 g/mol. The molecule has 24 heavy (non-hydrogen) atoms. The van der Waals surface area contributed by atoms with Gasteiger partial charge >= 0.3 is 5.97 Å². The summed E-state index contributed by atoms with van der Waals surface area (Å²) in [6.07, 6.45) is 0.887. The number of rotatable bonds is 5. The van der Waals surface area contributed by atoms with E-state index >= 15 is 0 Å². The Hall–Kier alpha value is -2.57. The maximum atomic E-state index is 12.6. The molecule has 2 fully saturated rings. The number of methoxy groups -OCH3 is 1. The van der Waals surface area contributed by atoms with Crippen LogP contribution in [0.25, 0.3) is 0 Å². The number of primary amides is 1. The molecule has 7 heteroatoms. The van der Waals surface area contributed by atoms with Gasteiger partial charge < -0.3 is 20.5 Å². The Morgan fingerprint density at radius 3 is 2.54 bits per heavy atom. The number of nitrogens with zero attached hydrogens (tertiary/aromatic N) is 1. The van der Waals surface area contributed by atoms with Crippen molar-refractivity contribution in [3.05, 3.63) is 29.8 Å². The van der Waals surface area contributed by atoms with Crippen LogP contribution in [0.4, 0.5) is 0 Å². The van der Waals surface area contributed by atoms with E-state index in [1.165, 1.54) is 4.90 Å². The van der Waals surface area contributed by atoms with Crippen LogP contribution in [0.3, 0.4) is 0 Å². The molecule has 2 amide bonds. The second-order valence-corrected chi connectivity index (χ2v) is 6.48. The lowest BCUT2D eigenvalue weighted by atomic mass is 9.89. The Morgan fingerprint density at radius 2 is 2.00 bits per heavy atom. The number of hydrogen-bond donors (Lipinski definition) is 2. The van der Waals surface area contributed by atoms with Gasteiger partial charge in [0.1, 0.15) is 11.2 Å². The SMILES string of the molecule is COc1cccc([C@@H]2CN(C(=O)C3(C(N)=O)CC3)C[C@H]2C(=O)O)c1. The average molecular weight is 332 g/mol. The van der Waals surface area contributed by atoms with E-state index in [-0.39, 0.29) is 24.9 Å². The van der Waals surface area contributed by atoms with Gasteiger partial charge in [0.2, 0.25) is 11.8 Å². The Kier molecular flexibility index (Phi) is 3.95. The van der Waals surface area contributed by atoms with E-state index in [0.29, 0.717) is 18.6 Å². The summed E-state index contributed by atoms with van der Waals surface area (Å²) in [7, 11) is 1.54. The number of carboxylic acids is 1. The molecule has 1 aromatic rings. The van der Waals surface area contributed by atoms with Gasteiger partial charge in [0.15, 0.2) is 0 Å². The highest BCUT2D eigenvalue weighted by Crippen LogP contribution is 2.48. The van der Waals surface area contributed by atoms with Gasteiger partial charge in [-0.3, -0.25) is 14.4 Å². The van der Waals surface area contributed by atoms with Crippen LogP contribution < -0.4 is 10.5 Å². The number of likely N-dealkylation sites (tertiary alicyclic amines) is 1. The summed E-state index contributed by atoms with van der Waals surface area (Å²) in [6, 6.07) is 7.19. The van der Waals surface area contributed by atoms with Crippen LogP contribution in [-0.2, 0) is 14.4 Å². The number of amides is 2. The van der Waals surface area contributed by atoms with Crippen molar-refractivity contribution in [2.24, 2.45) is 17.1 Å². The number of aliphatic carboxylic acids is 1. The van der Waals surface area contributed by atoms with Crippen LogP contribution in [0.5, 0.6) is 5.75 Å². The number of benzene rings is 1. The number of carboxylic acid groups (broad SMARTS) is 1. The van der Waals surface area contributed by atoms with Crippen LogP contribution >= 0.6 is 0 Å². The summed E-state index contributed by atoms with van der Waals surface area (Å²) in [6.45, 7) is 0.350. The second-order valence-electron chi connectivity index (χ2n) is 6.48. The van der Waals surface area contributed by atoms with Gasteiger partial charge in [-0.2, -0.15) is 0 Å². The van der Waals surface area contributed by atoms with Gasteiger partial charge in [0.05, 0.1) is 13.0 Å². The standard InChI is InChI=1S/C17H20N2O5/c1-24-11-4-2-3-10(7-11)12-8-19(9-13(12)14(20)21)16(23)17(5-6-17)15(18)22/h2-4,7,12-13H,5-6,8-9H2,1H3,(H2,18,22)(H,20,21)/t12-,13+/m0/s1. The fourth-order valence-corrected chi connectivity index (χ4v) is 3.42. The number of hydrogen-bond acceptors (Lipinski definition) is 4. The largest absolute Gasteiger partial charge is 0.497 e. The molecule has 3 N–H and O–H groups in total. The van der Waals surface area contributed by atoms with E-state index in [4.69, 9.17) is 10.5 Å². The first kappa shape index (κ1) is 16.3.